The SMILES string of the molecule is CCCN1C(=O)[C@H]2[C@@H](C(=O)Nc3ccc(C)c(C)c3)[C@H]3C=C[C@@]2(O3)[C@@H]1C(=O)NC1CCCCC1. The lowest BCUT2D eigenvalue weighted by Crippen LogP contribution is -2.56. The van der Waals surface area contributed by atoms with Crippen LogP contribution < -0.4 is 10.6 Å². The smallest absolute Gasteiger partial charge is 0.246 e. The number of fused-ring (bicyclic) bond motifs is 1. The van der Waals surface area contributed by atoms with Crippen LogP contribution in [0.1, 0.15) is 56.6 Å². The van der Waals surface area contributed by atoms with Crippen molar-refractivity contribution < 1.29 is 19.1 Å². The van der Waals surface area contributed by atoms with Crippen LogP contribution in [0.4, 0.5) is 5.69 Å². The number of carbonyl (C=O) groups excluding carboxylic acids is 3. The first kappa shape index (κ1) is 23.1. The third kappa shape index (κ3) is 3.65. The molecule has 7 heteroatoms. The van der Waals surface area contributed by atoms with Gasteiger partial charge in [0.15, 0.2) is 0 Å². The maximum Gasteiger partial charge on any atom is 0.246 e. The molecule has 5 rings (SSSR count). The lowest BCUT2D eigenvalue weighted by Gasteiger charge is -2.34. The maximum absolute atomic E-state index is 13.7. The van der Waals surface area contributed by atoms with Gasteiger partial charge in [0, 0.05) is 18.3 Å². The number of rotatable bonds is 6. The summed E-state index contributed by atoms with van der Waals surface area (Å²) in [6.45, 7) is 6.49. The van der Waals surface area contributed by atoms with E-state index in [1.165, 1.54) is 6.42 Å². The number of hydrogen-bond acceptors (Lipinski definition) is 4. The van der Waals surface area contributed by atoms with Crippen molar-refractivity contribution in [3.05, 3.63) is 41.5 Å². The zero-order chi connectivity index (χ0) is 24.0. The Morgan fingerprint density at radius 1 is 1.12 bits per heavy atom. The lowest BCUT2D eigenvalue weighted by molar-refractivity contribution is -0.141. The largest absolute Gasteiger partial charge is 0.359 e. The Labute approximate surface area is 201 Å². The van der Waals surface area contributed by atoms with Crippen molar-refractivity contribution in [2.24, 2.45) is 11.8 Å². The molecule has 1 aliphatic carbocycles. The highest BCUT2D eigenvalue weighted by Gasteiger charge is 2.72. The Kier molecular flexibility index (Phi) is 6.00. The van der Waals surface area contributed by atoms with Gasteiger partial charge in [-0.1, -0.05) is 44.4 Å². The number of anilines is 1. The minimum absolute atomic E-state index is 0.140. The molecule has 0 unspecified atom stereocenters. The molecule has 0 radical (unpaired) electrons. The molecule has 34 heavy (non-hydrogen) atoms. The van der Waals surface area contributed by atoms with E-state index in [2.05, 4.69) is 10.6 Å². The molecule has 1 aromatic rings. The Morgan fingerprint density at radius 2 is 1.88 bits per heavy atom. The highest BCUT2D eigenvalue weighted by Crippen LogP contribution is 2.55. The zero-order valence-corrected chi connectivity index (χ0v) is 20.3. The van der Waals surface area contributed by atoms with Crippen LogP contribution in [0, 0.1) is 25.7 Å². The number of benzene rings is 1. The molecule has 2 bridgehead atoms. The van der Waals surface area contributed by atoms with E-state index in [1.807, 2.05) is 51.1 Å². The highest BCUT2D eigenvalue weighted by atomic mass is 16.5. The van der Waals surface area contributed by atoms with Crippen LogP contribution in [0.3, 0.4) is 0 Å². The topological polar surface area (TPSA) is 87.7 Å². The number of nitrogens with one attached hydrogen (secondary N) is 2. The summed E-state index contributed by atoms with van der Waals surface area (Å²) in [4.78, 5) is 42.4. The van der Waals surface area contributed by atoms with Crippen molar-refractivity contribution in [3.8, 4) is 0 Å². The molecule has 2 saturated heterocycles. The molecular weight excluding hydrogens is 430 g/mol. The summed E-state index contributed by atoms with van der Waals surface area (Å²) in [7, 11) is 0. The van der Waals surface area contributed by atoms with Crippen LogP contribution in [-0.2, 0) is 19.1 Å². The standard InChI is InChI=1S/C27H35N3O4/c1-4-14-30-23(25(32)28-18-8-6-5-7-9-18)27-13-12-20(34-27)21(22(27)26(30)33)24(31)29-19-11-10-16(2)17(3)15-19/h10-13,15,18,20-23H,4-9,14H2,1-3H3,(H,28,32)(H,29,31)/t20-,21+,22-,23+,27+/m1/s1. The molecule has 1 saturated carbocycles. The average molecular weight is 466 g/mol. The van der Waals surface area contributed by atoms with Crippen LogP contribution >= 0.6 is 0 Å². The minimum Gasteiger partial charge on any atom is -0.359 e. The van der Waals surface area contributed by atoms with Crippen molar-refractivity contribution in [1.82, 2.24) is 10.2 Å². The van der Waals surface area contributed by atoms with Crippen molar-refractivity contribution in [2.45, 2.75) is 83.1 Å². The van der Waals surface area contributed by atoms with Crippen LogP contribution in [0.2, 0.25) is 0 Å². The monoisotopic (exact) mass is 465 g/mol. The number of amides is 3. The summed E-state index contributed by atoms with van der Waals surface area (Å²) < 4.78 is 6.37. The van der Waals surface area contributed by atoms with Crippen LogP contribution in [-0.4, -0.2) is 53.0 Å². The van der Waals surface area contributed by atoms with Gasteiger partial charge in [0.05, 0.1) is 17.9 Å². The van der Waals surface area contributed by atoms with Crippen LogP contribution in [0.25, 0.3) is 0 Å². The number of likely N-dealkylation sites (tertiary alicyclic amines) is 1. The fraction of sp³-hybridized carbons (Fsp3) is 0.593. The van der Waals surface area contributed by atoms with Gasteiger partial charge in [0.25, 0.3) is 0 Å². The van der Waals surface area contributed by atoms with Crippen molar-refractivity contribution in [1.29, 1.82) is 0 Å². The number of hydrogen-bond donors (Lipinski definition) is 2. The van der Waals surface area contributed by atoms with E-state index in [0.717, 1.165) is 43.2 Å². The van der Waals surface area contributed by atoms with Gasteiger partial charge in [-0.05, 0) is 56.4 Å². The summed E-state index contributed by atoms with van der Waals surface area (Å²) in [5, 5.41) is 6.21. The second kappa shape index (κ2) is 8.84. The first-order chi connectivity index (χ1) is 16.4. The van der Waals surface area contributed by atoms with Crippen molar-refractivity contribution in [2.75, 3.05) is 11.9 Å². The van der Waals surface area contributed by atoms with Gasteiger partial charge in [0.1, 0.15) is 11.6 Å². The minimum atomic E-state index is -1.08. The Hall–Kier alpha value is -2.67. The molecule has 1 aromatic carbocycles. The highest BCUT2D eigenvalue weighted by molar-refractivity contribution is 6.02. The van der Waals surface area contributed by atoms with E-state index in [-0.39, 0.29) is 23.8 Å². The first-order valence-corrected chi connectivity index (χ1v) is 12.7. The zero-order valence-electron chi connectivity index (χ0n) is 20.3. The first-order valence-electron chi connectivity index (χ1n) is 12.7. The van der Waals surface area contributed by atoms with Gasteiger partial charge in [-0.3, -0.25) is 14.4 Å². The van der Waals surface area contributed by atoms with Gasteiger partial charge < -0.3 is 20.3 Å². The van der Waals surface area contributed by atoms with Gasteiger partial charge in [-0.15, -0.1) is 0 Å². The predicted molar refractivity (Wildman–Crippen MR) is 129 cm³/mol. The summed E-state index contributed by atoms with van der Waals surface area (Å²) in [6, 6.07) is 5.18. The van der Waals surface area contributed by atoms with Gasteiger partial charge in [0.2, 0.25) is 17.7 Å². The summed E-state index contributed by atoms with van der Waals surface area (Å²) >= 11 is 0. The lowest BCUT2D eigenvalue weighted by atomic mass is 9.74. The van der Waals surface area contributed by atoms with Crippen molar-refractivity contribution >= 4 is 23.4 Å². The molecule has 2 N–H and O–H groups in total. The summed E-state index contributed by atoms with van der Waals surface area (Å²) in [6.07, 6.45) is 9.33. The Bertz CT molecular complexity index is 1030. The molecule has 1 spiro atoms. The third-order valence-electron chi connectivity index (χ3n) is 8.12. The molecule has 4 aliphatic rings. The predicted octanol–water partition coefficient (Wildman–Crippen LogP) is 3.25. The molecular formula is C27H35N3O4. The van der Waals surface area contributed by atoms with Crippen molar-refractivity contribution in [3.63, 3.8) is 0 Å². The van der Waals surface area contributed by atoms with E-state index in [0.29, 0.717) is 12.2 Å². The summed E-state index contributed by atoms with van der Waals surface area (Å²) in [5.74, 6) is -1.90. The van der Waals surface area contributed by atoms with E-state index >= 15 is 0 Å². The second-order valence-corrected chi connectivity index (χ2v) is 10.4. The molecule has 3 heterocycles. The quantitative estimate of drug-likeness (QED) is 0.632. The van der Waals surface area contributed by atoms with E-state index in [1.54, 1.807) is 4.90 Å². The van der Waals surface area contributed by atoms with Crippen LogP contribution in [0.15, 0.2) is 30.4 Å². The molecule has 3 aliphatic heterocycles. The fourth-order valence-electron chi connectivity index (χ4n) is 6.32. The summed E-state index contributed by atoms with van der Waals surface area (Å²) in [5.41, 5.74) is 1.86. The molecule has 0 aromatic heterocycles. The maximum atomic E-state index is 13.7. The Balaban J connectivity index is 1.42. The molecule has 7 nitrogen and oxygen atoms in total. The average Bonchev–Trinajstić information content (AvgIpc) is 3.45. The number of nitrogens with zero attached hydrogens (tertiary/aromatic N) is 1. The molecule has 3 amide bonds. The van der Waals surface area contributed by atoms with Gasteiger partial charge >= 0.3 is 0 Å². The number of aryl methyl sites for hydroxylation is 2. The molecule has 182 valence electrons. The third-order valence-corrected chi connectivity index (χ3v) is 8.12. The van der Waals surface area contributed by atoms with Crippen LogP contribution in [0.5, 0.6) is 0 Å². The number of carbonyl (C=O) groups is 3. The van der Waals surface area contributed by atoms with Gasteiger partial charge in [-0.2, -0.15) is 0 Å². The van der Waals surface area contributed by atoms with E-state index in [4.69, 9.17) is 4.74 Å². The number of ether oxygens (including phenoxy) is 1. The molecule has 3 fully saturated rings. The Morgan fingerprint density at radius 3 is 2.59 bits per heavy atom. The van der Waals surface area contributed by atoms with E-state index in [9.17, 15) is 14.4 Å². The molecule has 5 atom stereocenters. The second-order valence-electron chi connectivity index (χ2n) is 10.4. The fourth-order valence-corrected chi connectivity index (χ4v) is 6.32. The normalized spacial score (nSPS) is 32.2. The van der Waals surface area contributed by atoms with Gasteiger partial charge in [-0.25, -0.2) is 0 Å². The van der Waals surface area contributed by atoms with E-state index < -0.39 is 29.6 Å².